The van der Waals surface area contributed by atoms with Gasteiger partial charge in [0.1, 0.15) is 18.5 Å². The van der Waals surface area contributed by atoms with Gasteiger partial charge in [0.25, 0.3) is 0 Å². The molecule has 43 heavy (non-hydrogen) atoms. The molecule has 4 unspecified atom stereocenters. The Morgan fingerprint density at radius 1 is 0.791 bits per heavy atom. The number of hydroxylamine groups is 2. The Labute approximate surface area is 258 Å². The summed E-state index contributed by atoms with van der Waals surface area (Å²) in [7, 11) is 0. The summed E-state index contributed by atoms with van der Waals surface area (Å²) in [5, 5.41) is 2.30. The molecule has 2 fully saturated rings. The zero-order valence-electron chi connectivity index (χ0n) is 26.6. The molecule has 6 nitrogen and oxygen atoms in total. The third-order valence-electron chi connectivity index (χ3n) is 9.68. The van der Waals surface area contributed by atoms with Crippen molar-refractivity contribution in [1.29, 1.82) is 0 Å². The molecular weight excluding hydrogens is 538 g/mol. The summed E-state index contributed by atoms with van der Waals surface area (Å²) in [5.41, 5.74) is 2.89. The van der Waals surface area contributed by atoms with E-state index in [1.54, 1.807) is 0 Å². The number of benzene rings is 3. The maximum atomic E-state index is 6.93. The number of hydrogen-bond acceptors (Lipinski definition) is 6. The highest BCUT2D eigenvalue weighted by atomic mass is 16.7. The van der Waals surface area contributed by atoms with Crippen molar-refractivity contribution in [3.63, 3.8) is 0 Å². The fraction of sp³-hybridized carbons (Fsp3) is 0.514. The molecule has 2 aliphatic heterocycles. The Balaban J connectivity index is 1.33. The second kappa shape index (κ2) is 13.9. The maximum Gasteiger partial charge on any atom is 0.175 e. The maximum absolute atomic E-state index is 6.93. The van der Waals surface area contributed by atoms with Gasteiger partial charge in [-0.3, -0.25) is 4.84 Å². The molecule has 2 heterocycles. The van der Waals surface area contributed by atoms with E-state index < -0.39 is 5.79 Å². The predicted molar refractivity (Wildman–Crippen MR) is 170 cm³/mol. The van der Waals surface area contributed by atoms with Gasteiger partial charge in [-0.25, -0.2) is 0 Å². The zero-order chi connectivity index (χ0) is 30.3. The monoisotopic (exact) mass is 587 g/mol. The summed E-state index contributed by atoms with van der Waals surface area (Å²) >= 11 is 0. The van der Waals surface area contributed by atoms with Crippen molar-refractivity contribution in [2.45, 2.75) is 96.5 Å². The lowest BCUT2D eigenvalue weighted by Gasteiger charge is -2.62. The fourth-order valence-electron chi connectivity index (χ4n) is 6.36. The predicted octanol–water partition coefficient (Wildman–Crippen LogP) is 7.75. The first kappa shape index (κ1) is 31.7. The summed E-state index contributed by atoms with van der Waals surface area (Å²) in [5.74, 6) is 0.121. The van der Waals surface area contributed by atoms with E-state index in [4.69, 9.17) is 23.8 Å². The number of hydrogen-bond donors (Lipinski definition) is 0. The SMILES string of the molecule is CCC1(C)CC(OCc2ccccc2)(OCc2ccccc2)C(C)C(C)(CC)N1OCCc1ccc(OCC2CO2)cc1. The first-order chi connectivity index (χ1) is 20.8. The van der Waals surface area contributed by atoms with Crippen LogP contribution < -0.4 is 4.74 Å². The average molecular weight is 588 g/mol. The van der Waals surface area contributed by atoms with Gasteiger partial charge in [0.15, 0.2) is 5.79 Å². The van der Waals surface area contributed by atoms with Gasteiger partial charge in [-0.05, 0) is 61.9 Å². The van der Waals surface area contributed by atoms with Crippen LogP contribution >= 0.6 is 0 Å². The van der Waals surface area contributed by atoms with E-state index in [-0.39, 0.29) is 23.1 Å². The van der Waals surface area contributed by atoms with Gasteiger partial charge in [-0.15, -0.1) is 0 Å². The van der Waals surface area contributed by atoms with Crippen molar-refractivity contribution >= 4 is 0 Å². The van der Waals surface area contributed by atoms with Gasteiger partial charge >= 0.3 is 0 Å². The van der Waals surface area contributed by atoms with Crippen LogP contribution in [0.2, 0.25) is 0 Å². The number of epoxide rings is 1. The largest absolute Gasteiger partial charge is 0.491 e. The molecule has 0 saturated carbocycles. The van der Waals surface area contributed by atoms with Gasteiger partial charge < -0.3 is 18.9 Å². The van der Waals surface area contributed by atoms with Gasteiger partial charge in [0.05, 0.1) is 32.0 Å². The first-order valence-electron chi connectivity index (χ1n) is 15.9. The second-order valence-corrected chi connectivity index (χ2v) is 12.6. The number of rotatable bonds is 15. The highest BCUT2D eigenvalue weighted by molar-refractivity contribution is 5.27. The molecule has 0 aliphatic carbocycles. The lowest BCUT2D eigenvalue weighted by atomic mass is 9.67. The van der Waals surface area contributed by atoms with Crippen LogP contribution in [-0.4, -0.2) is 47.9 Å². The molecule has 0 aromatic heterocycles. The van der Waals surface area contributed by atoms with Crippen LogP contribution in [0.15, 0.2) is 84.9 Å². The van der Waals surface area contributed by atoms with Crippen molar-refractivity contribution in [3.8, 4) is 5.75 Å². The lowest BCUT2D eigenvalue weighted by molar-refractivity contribution is -0.392. The molecule has 2 aliphatic rings. The van der Waals surface area contributed by atoms with Crippen LogP contribution in [0, 0.1) is 5.92 Å². The van der Waals surface area contributed by atoms with Crippen molar-refractivity contribution in [2.75, 3.05) is 19.8 Å². The van der Waals surface area contributed by atoms with Crippen LogP contribution in [0.25, 0.3) is 0 Å². The van der Waals surface area contributed by atoms with Gasteiger partial charge in [-0.2, -0.15) is 5.06 Å². The van der Waals surface area contributed by atoms with E-state index in [2.05, 4.69) is 100 Å². The van der Waals surface area contributed by atoms with E-state index in [1.165, 1.54) is 5.56 Å². The third kappa shape index (κ3) is 7.50. The molecular formula is C37H49NO5. The minimum Gasteiger partial charge on any atom is -0.491 e. The highest BCUT2D eigenvalue weighted by Crippen LogP contribution is 2.53. The molecule has 2 saturated heterocycles. The molecule has 3 aromatic carbocycles. The molecule has 4 atom stereocenters. The Kier molecular flexibility index (Phi) is 10.3. The Morgan fingerprint density at radius 2 is 1.37 bits per heavy atom. The van der Waals surface area contributed by atoms with Crippen LogP contribution in [0.5, 0.6) is 5.75 Å². The van der Waals surface area contributed by atoms with Gasteiger partial charge in [0.2, 0.25) is 0 Å². The van der Waals surface area contributed by atoms with Crippen LogP contribution in [0.4, 0.5) is 0 Å². The quantitative estimate of drug-likeness (QED) is 0.134. The molecule has 3 aromatic rings. The van der Waals surface area contributed by atoms with E-state index in [1.807, 2.05) is 24.3 Å². The van der Waals surface area contributed by atoms with Crippen LogP contribution in [-0.2, 0) is 38.7 Å². The van der Waals surface area contributed by atoms with Crippen molar-refractivity contribution in [3.05, 3.63) is 102 Å². The minimum atomic E-state index is -0.789. The molecule has 232 valence electrons. The van der Waals surface area contributed by atoms with E-state index in [0.29, 0.717) is 32.8 Å². The second-order valence-electron chi connectivity index (χ2n) is 12.6. The summed E-state index contributed by atoms with van der Waals surface area (Å²) in [6, 6.07) is 29.1. The fourth-order valence-corrected chi connectivity index (χ4v) is 6.36. The number of piperidine rings is 1. The van der Waals surface area contributed by atoms with Crippen molar-refractivity contribution in [1.82, 2.24) is 5.06 Å². The third-order valence-corrected chi connectivity index (χ3v) is 9.68. The minimum absolute atomic E-state index is 0.0314. The summed E-state index contributed by atoms with van der Waals surface area (Å²) in [6.45, 7) is 14.4. The molecule has 0 bridgehead atoms. The van der Waals surface area contributed by atoms with Crippen molar-refractivity contribution < 1.29 is 23.8 Å². The average Bonchev–Trinajstić information content (AvgIpc) is 3.88. The Morgan fingerprint density at radius 3 is 1.88 bits per heavy atom. The zero-order valence-corrected chi connectivity index (χ0v) is 26.6. The summed E-state index contributed by atoms with van der Waals surface area (Å²) in [4.78, 5) is 6.78. The molecule has 0 spiro atoms. The van der Waals surface area contributed by atoms with E-state index in [0.717, 1.165) is 42.7 Å². The number of ether oxygens (including phenoxy) is 4. The Hall–Kier alpha value is -2.74. The number of nitrogens with zero attached hydrogens (tertiary/aromatic N) is 1. The van der Waals surface area contributed by atoms with Gasteiger partial charge in [-0.1, -0.05) is 93.6 Å². The van der Waals surface area contributed by atoms with E-state index in [9.17, 15) is 0 Å². The normalized spacial score (nSPS) is 26.7. The molecule has 0 N–H and O–H groups in total. The van der Waals surface area contributed by atoms with Crippen molar-refractivity contribution in [2.24, 2.45) is 5.92 Å². The highest BCUT2D eigenvalue weighted by Gasteiger charge is 2.62. The molecule has 5 rings (SSSR count). The summed E-state index contributed by atoms with van der Waals surface area (Å²) in [6.07, 6.45) is 3.57. The first-order valence-corrected chi connectivity index (χ1v) is 15.9. The van der Waals surface area contributed by atoms with Gasteiger partial charge in [0, 0.05) is 17.9 Å². The molecule has 6 heteroatoms. The Bertz CT molecular complexity index is 1220. The smallest absolute Gasteiger partial charge is 0.175 e. The standard InChI is InChI=1S/C37H49NO5/c1-6-35(4)28-37(41-24-31-14-10-8-11-15-31,42-25-32-16-12-9-13-17-32)29(3)36(5,7-2)38(35)43-23-22-30-18-20-33(21-19-30)39-26-34-27-40-34/h8-21,29,34H,6-7,22-28H2,1-5H3. The molecule has 0 amide bonds. The lowest BCUT2D eigenvalue weighted by Crippen LogP contribution is -2.72. The summed E-state index contributed by atoms with van der Waals surface area (Å²) < 4.78 is 24.9. The van der Waals surface area contributed by atoms with E-state index >= 15 is 0 Å². The topological polar surface area (TPSA) is 52.7 Å². The van der Waals surface area contributed by atoms with Crippen LogP contribution in [0.1, 0.15) is 70.6 Å². The van der Waals surface area contributed by atoms with Crippen LogP contribution in [0.3, 0.4) is 0 Å². The molecule has 0 radical (unpaired) electrons.